The standard InChI is InChI=1S/C7H10F3N3/c1-4(7(8,9)10)2-6-12-3-5(11)13-6/h3-4H,2,11H2,1H3,(H,12,13). The van der Waals surface area contributed by atoms with E-state index in [9.17, 15) is 13.2 Å². The zero-order valence-electron chi connectivity index (χ0n) is 7.02. The van der Waals surface area contributed by atoms with Gasteiger partial charge in [0.2, 0.25) is 0 Å². The Labute approximate surface area is 73.2 Å². The third kappa shape index (κ3) is 2.64. The van der Waals surface area contributed by atoms with Crippen molar-refractivity contribution in [3.8, 4) is 0 Å². The molecule has 0 aliphatic carbocycles. The van der Waals surface area contributed by atoms with Crippen LogP contribution in [0.5, 0.6) is 0 Å². The minimum Gasteiger partial charge on any atom is -0.384 e. The molecule has 0 aromatic carbocycles. The highest BCUT2D eigenvalue weighted by atomic mass is 19.4. The quantitative estimate of drug-likeness (QED) is 0.751. The van der Waals surface area contributed by atoms with Gasteiger partial charge in [-0.15, -0.1) is 0 Å². The molecule has 3 N–H and O–H groups in total. The van der Waals surface area contributed by atoms with Gasteiger partial charge < -0.3 is 10.7 Å². The highest BCUT2D eigenvalue weighted by Gasteiger charge is 2.36. The molecule has 13 heavy (non-hydrogen) atoms. The molecule has 6 heteroatoms. The van der Waals surface area contributed by atoms with Gasteiger partial charge in [-0.2, -0.15) is 13.2 Å². The lowest BCUT2D eigenvalue weighted by molar-refractivity contribution is -0.169. The van der Waals surface area contributed by atoms with E-state index in [4.69, 9.17) is 5.73 Å². The van der Waals surface area contributed by atoms with Crippen molar-refractivity contribution in [1.82, 2.24) is 9.97 Å². The van der Waals surface area contributed by atoms with Gasteiger partial charge in [-0.05, 0) is 0 Å². The van der Waals surface area contributed by atoms with E-state index in [1.165, 1.54) is 6.20 Å². The lowest BCUT2D eigenvalue weighted by Crippen LogP contribution is -2.22. The molecule has 74 valence electrons. The maximum Gasteiger partial charge on any atom is 0.391 e. The maximum atomic E-state index is 12.1. The number of imidazole rings is 1. The topological polar surface area (TPSA) is 54.7 Å². The summed E-state index contributed by atoms with van der Waals surface area (Å²) in [5, 5.41) is 0. The zero-order valence-corrected chi connectivity index (χ0v) is 7.02. The molecule has 1 unspecified atom stereocenters. The van der Waals surface area contributed by atoms with Crippen molar-refractivity contribution in [3.63, 3.8) is 0 Å². The number of hydrogen-bond acceptors (Lipinski definition) is 2. The van der Waals surface area contributed by atoms with Crippen LogP contribution in [0.4, 0.5) is 19.0 Å². The van der Waals surface area contributed by atoms with E-state index in [1.54, 1.807) is 0 Å². The number of rotatable bonds is 2. The van der Waals surface area contributed by atoms with Crippen LogP contribution in [-0.4, -0.2) is 16.1 Å². The predicted molar refractivity (Wildman–Crippen MR) is 41.9 cm³/mol. The second kappa shape index (κ2) is 3.27. The van der Waals surface area contributed by atoms with E-state index < -0.39 is 12.1 Å². The van der Waals surface area contributed by atoms with Gasteiger partial charge in [0.1, 0.15) is 11.6 Å². The Kier molecular flexibility index (Phi) is 2.49. The van der Waals surface area contributed by atoms with E-state index in [1.807, 2.05) is 0 Å². The molecule has 0 radical (unpaired) electrons. The molecule has 0 saturated carbocycles. The van der Waals surface area contributed by atoms with Crippen LogP contribution in [0.25, 0.3) is 0 Å². The van der Waals surface area contributed by atoms with Crippen molar-refractivity contribution in [2.24, 2.45) is 5.92 Å². The Morgan fingerprint density at radius 1 is 1.62 bits per heavy atom. The summed E-state index contributed by atoms with van der Waals surface area (Å²) >= 11 is 0. The molecule has 0 aliphatic rings. The maximum absolute atomic E-state index is 12.1. The van der Waals surface area contributed by atoms with Crippen LogP contribution in [-0.2, 0) is 6.42 Å². The van der Waals surface area contributed by atoms with Crippen LogP contribution in [0, 0.1) is 5.92 Å². The van der Waals surface area contributed by atoms with Crippen molar-refractivity contribution >= 4 is 5.82 Å². The molecule has 0 amide bonds. The molecule has 0 fully saturated rings. The Hall–Kier alpha value is -1.20. The minimum atomic E-state index is -4.18. The number of alkyl halides is 3. The van der Waals surface area contributed by atoms with Gasteiger partial charge in [-0.25, -0.2) is 4.98 Å². The van der Waals surface area contributed by atoms with E-state index in [2.05, 4.69) is 9.97 Å². The molecule has 0 aliphatic heterocycles. The average Bonchev–Trinajstić information content (AvgIpc) is 2.33. The summed E-state index contributed by atoms with van der Waals surface area (Å²) in [5.41, 5.74) is 5.26. The van der Waals surface area contributed by atoms with Crippen LogP contribution in [0.15, 0.2) is 6.20 Å². The molecule has 0 spiro atoms. The third-order valence-corrected chi connectivity index (χ3v) is 1.71. The lowest BCUT2D eigenvalue weighted by Gasteiger charge is -2.13. The van der Waals surface area contributed by atoms with Gasteiger partial charge in [0.25, 0.3) is 0 Å². The zero-order chi connectivity index (χ0) is 10.1. The van der Waals surface area contributed by atoms with E-state index in [0.29, 0.717) is 0 Å². The van der Waals surface area contributed by atoms with Crippen molar-refractivity contribution in [2.45, 2.75) is 19.5 Å². The first-order valence-corrected chi connectivity index (χ1v) is 3.75. The third-order valence-electron chi connectivity index (χ3n) is 1.71. The number of halogens is 3. The van der Waals surface area contributed by atoms with Crippen molar-refractivity contribution < 1.29 is 13.2 Å². The van der Waals surface area contributed by atoms with Gasteiger partial charge >= 0.3 is 6.18 Å². The Morgan fingerprint density at radius 3 is 2.62 bits per heavy atom. The molecule has 3 nitrogen and oxygen atoms in total. The second-order valence-corrected chi connectivity index (χ2v) is 2.93. The van der Waals surface area contributed by atoms with Gasteiger partial charge in [0.05, 0.1) is 12.1 Å². The number of aromatic amines is 1. The van der Waals surface area contributed by atoms with E-state index in [0.717, 1.165) is 6.92 Å². The molecule has 1 heterocycles. The molecule has 1 rings (SSSR count). The van der Waals surface area contributed by atoms with Gasteiger partial charge in [0.15, 0.2) is 0 Å². The summed E-state index contributed by atoms with van der Waals surface area (Å²) in [7, 11) is 0. The van der Waals surface area contributed by atoms with Crippen LogP contribution in [0.3, 0.4) is 0 Å². The first-order chi connectivity index (χ1) is 5.89. The summed E-state index contributed by atoms with van der Waals surface area (Å²) in [4.78, 5) is 6.23. The molecule has 1 aromatic rings. The highest BCUT2D eigenvalue weighted by molar-refractivity contribution is 5.24. The van der Waals surface area contributed by atoms with Gasteiger partial charge in [0, 0.05) is 6.42 Å². The monoisotopic (exact) mass is 193 g/mol. The summed E-state index contributed by atoms with van der Waals surface area (Å²) in [5.74, 6) is -0.857. The minimum absolute atomic E-state index is 0.166. The molecule has 1 atom stereocenters. The van der Waals surface area contributed by atoms with Crippen LogP contribution < -0.4 is 5.73 Å². The van der Waals surface area contributed by atoms with Crippen molar-refractivity contribution in [3.05, 3.63) is 12.0 Å². The summed E-state index contributed by atoms with van der Waals surface area (Å²) in [6.45, 7) is 1.11. The smallest absolute Gasteiger partial charge is 0.384 e. The number of anilines is 1. The Balaban J connectivity index is 2.60. The molecule has 1 aromatic heterocycles. The number of nitrogens with zero attached hydrogens (tertiary/aromatic N) is 1. The van der Waals surface area contributed by atoms with E-state index >= 15 is 0 Å². The predicted octanol–water partition coefficient (Wildman–Crippen LogP) is 1.73. The van der Waals surface area contributed by atoms with Crippen LogP contribution in [0.1, 0.15) is 12.7 Å². The van der Waals surface area contributed by atoms with Crippen molar-refractivity contribution in [2.75, 3.05) is 5.73 Å². The molecule has 0 saturated heterocycles. The average molecular weight is 193 g/mol. The first-order valence-electron chi connectivity index (χ1n) is 3.75. The van der Waals surface area contributed by atoms with Crippen molar-refractivity contribution in [1.29, 1.82) is 0 Å². The fourth-order valence-corrected chi connectivity index (χ4v) is 0.888. The summed E-state index contributed by atoms with van der Waals surface area (Å²) in [6, 6.07) is 0. The molecular weight excluding hydrogens is 183 g/mol. The molecular formula is C7H10F3N3. The van der Waals surface area contributed by atoms with Crippen LogP contribution in [0.2, 0.25) is 0 Å². The molecule has 0 bridgehead atoms. The fraction of sp³-hybridized carbons (Fsp3) is 0.571. The van der Waals surface area contributed by atoms with Gasteiger partial charge in [-0.1, -0.05) is 6.92 Å². The number of nitrogen functional groups attached to an aromatic ring is 1. The lowest BCUT2D eigenvalue weighted by atomic mass is 10.1. The van der Waals surface area contributed by atoms with Gasteiger partial charge in [-0.3, -0.25) is 0 Å². The SMILES string of the molecule is CC(Cc1ncc(N)[nH]1)C(F)(F)F. The largest absolute Gasteiger partial charge is 0.391 e. The number of nitrogens with two attached hydrogens (primary N) is 1. The van der Waals surface area contributed by atoms with E-state index in [-0.39, 0.29) is 18.1 Å². The normalized spacial score (nSPS) is 14.5. The fourth-order valence-electron chi connectivity index (χ4n) is 0.888. The number of hydrogen-bond donors (Lipinski definition) is 2. The first kappa shape index (κ1) is 9.88. The number of aromatic nitrogens is 2. The summed E-state index contributed by atoms with van der Waals surface area (Å²) in [6.07, 6.45) is -3.04. The summed E-state index contributed by atoms with van der Waals surface area (Å²) < 4.78 is 36.2. The highest BCUT2D eigenvalue weighted by Crippen LogP contribution is 2.27. The number of H-pyrrole nitrogens is 1. The second-order valence-electron chi connectivity index (χ2n) is 2.93. The Morgan fingerprint density at radius 2 is 2.23 bits per heavy atom. The van der Waals surface area contributed by atoms with Crippen LogP contribution >= 0.6 is 0 Å². The Bertz CT molecular complexity index is 279. The number of nitrogens with one attached hydrogen (secondary N) is 1.